The summed E-state index contributed by atoms with van der Waals surface area (Å²) in [6.07, 6.45) is -1.44. The molecule has 2 aromatic rings. The number of nitrogens with two attached hydrogens (primary N) is 1. The Morgan fingerprint density at radius 3 is 2.62 bits per heavy atom. The van der Waals surface area contributed by atoms with Gasteiger partial charge in [-0.2, -0.15) is 0 Å². The van der Waals surface area contributed by atoms with E-state index in [0.717, 1.165) is 0 Å². The lowest BCUT2D eigenvalue weighted by molar-refractivity contribution is -0.0511. The average molecular weight is 318 g/mol. The Bertz CT molecular complexity index is 609. The van der Waals surface area contributed by atoms with Crippen LogP contribution in [0.15, 0.2) is 12.7 Å². The first-order valence-electron chi connectivity index (χ1n) is 6.16. The van der Waals surface area contributed by atoms with Crippen LogP contribution < -0.4 is 5.73 Å². The van der Waals surface area contributed by atoms with Gasteiger partial charge in [0.2, 0.25) is 0 Å². The molecule has 3 rings (SSSR count). The molecule has 0 radical (unpaired) electrons. The van der Waals surface area contributed by atoms with E-state index in [1.807, 2.05) is 0 Å². The molecule has 0 aromatic carbocycles. The first-order chi connectivity index (χ1) is 10.1. The number of imidazole rings is 1. The van der Waals surface area contributed by atoms with Crippen LogP contribution in [0, 0.1) is 0 Å². The summed E-state index contributed by atoms with van der Waals surface area (Å²) in [5.74, 6) is 0. The van der Waals surface area contributed by atoms with Gasteiger partial charge in [0.1, 0.15) is 30.2 Å². The van der Waals surface area contributed by atoms with Crippen LogP contribution in [-0.4, -0.2) is 66.8 Å². The Kier molecular flexibility index (Phi) is 5.04. The highest BCUT2D eigenvalue weighted by molar-refractivity contribution is 6.33. The van der Waals surface area contributed by atoms with Crippen LogP contribution in [0.2, 0.25) is 5.15 Å². The van der Waals surface area contributed by atoms with E-state index in [2.05, 4.69) is 20.7 Å². The summed E-state index contributed by atoms with van der Waals surface area (Å²) in [7, 11) is 1.50. The van der Waals surface area contributed by atoms with Crippen LogP contribution in [0.3, 0.4) is 0 Å². The molecular formula is C11H16ClN5O4. The van der Waals surface area contributed by atoms with Crippen LogP contribution in [0.1, 0.15) is 6.23 Å². The summed E-state index contributed by atoms with van der Waals surface area (Å²) >= 11 is 5.88. The average Bonchev–Trinajstić information content (AvgIpc) is 3.05. The van der Waals surface area contributed by atoms with E-state index in [1.165, 1.54) is 24.3 Å². The van der Waals surface area contributed by atoms with Gasteiger partial charge in [-0.25, -0.2) is 15.0 Å². The van der Waals surface area contributed by atoms with E-state index < -0.39 is 31.1 Å². The number of fused-ring (bicyclic) bond motifs is 1. The van der Waals surface area contributed by atoms with Crippen molar-refractivity contribution < 1.29 is 20.1 Å². The summed E-state index contributed by atoms with van der Waals surface area (Å²) in [6, 6.07) is 0. The lowest BCUT2D eigenvalue weighted by Gasteiger charge is -2.16. The maximum Gasteiger partial charge on any atom is 0.167 e. The molecule has 0 amide bonds. The predicted molar refractivity (Wildman–Crippen MR) is 73.5 cm³/mol. The molecule has 3 heterocycles. The summed E-state index contributed by atoms with van der Waals surface area (Å²) in [5, 5.41) is 28.9. The third-order valence-corrected chi connectivity index (χ3v) is 3.38. The van der Waals surface area contributed by atoms with Gasteiger partial charge in [-0.15, -0.1) is 0 Å². The quantitative estimate of drug-likeness (QED) is 0.499. The zero-order chi connectivity index (χ0) is 15.6. The molecular weight excluding hydrogens is 302 g/mol. The molecule has 0 spiro atoms. The molecule has 1 aliphatic heterocycles. The van der Waals surface area contributed by atoms with Gasteiger partial charge in [-0.3, -0.25) is 4.57 Å². The van der Waals surface area contributed by atoms with Crippen molar-refractivity contribution in [3.63, 3.8) is 0 Å². The molecule has 1 fully saturated rings. The van der Waals surface area contributed by atoms with Crippen LogP contribution >= 0.6 is 11.6 Å². The maximum atomic E-state index is 9.95. The van der Waals surface area contributed by atoms with Gasteiger partial charge in [-0.1, -0.05) is 11.6 Å². The SMILES string of the molecule is CN.OCC1OC(n2cnc3c(Cl)ncnc32)C(O)C1O. The largest absolute Gasteiger partial charge is 0.394 e. The van der Waals surface area contributed by atoms with Gasteiger partial charge in [0.05, 0.1) is 12.9 Å². The Labute approximate surface area is 125 Å². The number of aliphatic hydroxyl groups excluding tert-OH is 3. The van der Waals surface area contributed by atoms with Crippen molar-refractivity contribution in [2.24, 2.45) is 5.73 Å². The molecule has 21 heavy (non-hydrogen) atoms. The predicted octanol–water partition coefficient (Wildman–Crippen LogP) is -1.33. The zero-order valence-electron chi connectivity index (χ0n) is 11.2. The van der Waals surface area contributed by atoms with E-state index in [0.29, 0.717) is 11.2 Å². The van der Waals surface area contributed by atoms with Gasteiger partial charge < -0.3 is 25.8 Å². The number of aliphatic hydroxyl groups is 3. The number of hydrogen-bond donors (Lipinski definition) is 4. The lowest BCUT2D eigenvalue weighted by Crippen LogP contribution is -2.33. The van der Waals surface area contributed by atoms with E-state index >= 15 is 0 Å². The standard InChI is InChI=1S/C10H11ClN4O4.CH5N/c11-8-5-9(13-2-12-8)15(3-14-5)10-7(18)6(17)4(1-16)19-10;1-2/h2-4,6-7,10,16-18H,1H2;2H2,1H3. The van der Waals surface area contributed by atoms with Crippen molar-refractivity contribution in [2.45, 2.75) is 24.5 Å². The normalized spacial score (nSPS) is 28.5. The van der Waals surface area contributed by atoms with Crippen LogP contribution in [-0.2, 0) is 4.74 Å². The maximum absolute atomic E-state index is 9.95. The van der Waals surface area contributed by atoms with E-state index in [9.17, 15) is 10.2 Å². The molecule has 0 aliphatic carbocycles. The topological polar surface area (TPSA) is 140 Å². The van der Waals surface area contributed by atoms with Gasteiger partial charge in [0.25, 0.3) is 0 Å². The van der Waals surface area contributed by atoms with Crippen molar-refractivity contribution in [3.05, 3.63) is 17.8 Å². The fourth-order valence-corrected chi connectivity index (χ4v) is 2.30. The summed E-state index contributed by atoms with van der Waals surface area (Å²) in [4.78, 5) is 11.9. The Balaban J connectivity index is 0.000000774. The highest BCUT2D eigenvalue weighted by atomic mass is 35.5. The van der Waals surface area contributed by atoms with Gasteiger partial charge in [-0.05, 0) is 7.05 Å². The fraction of sp³-hybridized carbons (Fsp3) is 0.545. The highest BCUT2D eigenvalue weighted by Crippen LogP contribution is 2.31. The molecule has 116 valence electrons. The molecule has 1 aliphatic rings. The summed E-state index contributed by atoms with van der Waals surface area (Å²) < 4.78 is 6.85. The summed E-state index contributed by atoms with van der Waals surface area (Å²) in [6.45, 7) is -0.392. The Morgan fingerprint density at radius 2 is 2.00 bits per heavy atom. The second kappa shape index (κ2) is 6.60. The van der Waals surface area contributed by atoms with E-state index in [1.54, 1.807) is 0 Å². The first-order valence-corrected chi connectivity index (χ1v) is 6.54. The first kappa shape index (κ1) is 16.0. The minimum atomic E-state index is -1.19. The van der Waals surface area contributed by atoms with Crippen LogP contribution in [0.4, 0.5) is 0 Å². The van der Waals surface area contributed by atoms with Crippen molar-refractivity contribution >= 4 is 22.8 Å². The second-order valence-corrected chi connectivity index (χ2v) is 4.58. The van der Waals surface area contributed by atoms with Gasteiger partial charge >= 0.3 is 0 Å². The molecule has 0 saturated carbocycles. The number of halogens is 1. The molecule has 4 atom stereocenters. The molecule has 1 saturated heterocycles. The van der Waals surface area contributed by atoms with Crippen molar-refractivity contribution in [2.75, 3.05) is 13.7 Å². The number of aromatic nitrogens is 4. The van der Waals surface area contributed by atoms with E-state index in [4.69, 9.17) is 21.4 Å². The number of rotatable bonds is 2. The molecule has 9 nitrogen and oxygen atoms in total. The third-order valence-electron chi connectivity index (χ3n) is 3.11. The fourth-order valence-electron chi connectivity index (χ4n) is 2.12. The molecule has 5 N–H and O–H groups in total. The third kappa shape index (κ3) is 2.71. The zero-order valence-corrected chi connectivity index (χ0v) is 11.9. The van der Waals surface area contributed by atoms with Crippen molar-refractivity contribution in [1.82, 2.24) is 19.5 Å². The summed E-state index contributed by atoms with van der Waals surface area (Å²) in [5.41, 5.74) is 5.26. The highest BCUT2D eigenvalue weighted by Gasteiger charge is 2.43. The lowest BCUT2D eigenvalue weighted by atomic mass is 10.1. The molecule has 4 unspecified atom stereocenters. The van der Waals surface area contributed by atoms with Crippen molar-refractivity contribution in [3.8, 4) is 0 Å². The minimum absolute atomic E-state index is 0.190. The van der Waals surface area contributed by atoms with Crippen LogP contribution in [0.25, 0.3) is 11.2 Å². The Morgan fingerprint density at radius 1 is 1.29 bits per heavy atom. The minimum Gasteiger partial charge on any atom is -0.394 e. The molecule has 10 heteroatoms. The smallest absolute Gasteiger partial charge is 0.167 e. The van der Waals surface area contributed by atoms with Gasteiger partial charge in [0, 0.05) is 0 Å². The van der Waals surface area contributed by atoms with Crippen molar-refractivity contribution in [1.29, 1.82) is 0 Å². The Hall–Kier alpha value is -1.36. The monoisotopic (exact) mass is 317 g/mol. The van der Waals surface area contributed by atoms with Crippen LogP contribution in [0.5, 0.6) is 0 Å². The van der Waals surface area contributed by atoms with Gasteiger partial charge in [0.15, 0.2) is 17.0 Å². The number of nitrogens with zero attached hydrogens (tertiary/aromatic N) is 4. The van der Waals surface area contributed by atoms with E-state index in [-0.39, 0.29) is 5.15 Å². The number of ether oxygens (including phenoxy) is 1. The number of hydrogen-bond acceptors (Lipinski definition) is 8. The molecule has 0 bridgehead atoms. The second-order valence-electron chi connectivity index (χ2n) is 4.22. The molecule has 2 aromatic heterocycles.